The van der Waals surface area contributed by atoms with E-state index < -0.39 is 5.54 Å². The average Bonchev–Trinajstić information content (AvgIpc) is 1.98. The highest BCUT2D eigenvalue weighted by Gasteiger charge is 2.28. The number of carbonyl (C=O) groups is 1. The molecular formula is C11H22N2OS. The molecule has 0 aliphatic carbocycles. The van der Waals surface area contributed by atoms with E-state index in [1.54, 1.807) is 0 Å². The largest absolute Gasteiger partial charge is 0.340 e. The first kappa shape index (κ1) is 12.8. The predicted molar refractivity (Wildman–Crippen MR) is 66.0 cm³/mol. The van der Waals surface area contributed by atoms with Crippen LogP contribution in [0, 0.1) is 0 Å². The lowest BCUT2D eigenvalue weighted by atomic mass is 10.0. The fourth-order valence-corrected chi connectivity index (χ4v) is 3.21. The monoisotopic (exact) mass is 230 g/mol. The molecule has 3 nitrogen and oxygen atoms in total. The van der Waals surface area contributed by atoms with Crippen molar-refractivity contribution in [1.82, 2.24) is 4.90 Å². The Balaban J connectivity index is 2.52. The maximum Gasteiger partial charge on any atom is 0.224 e. The fraction of sp³-hybridized carbons (Fsp3) is 0.909. The van der Waals surface area contributed by atoms with Gasteiger partial charge in [0.2, 0.25) is 5.91 Å². The molecule has 1 fully saturated rings. The quantitative estimate of drug-likeness (QED) is 0.781. The van der Waals surface area contributed by atoms with Gasteiger partial charge in [0.05, 0.1) is 0 Å². The SMILES string of the molecule is CC1CN(C(=O)CC(C)(C)N)CC(C)S1. The molecule has 0 radical (unpaired) electrons. The van der Waals surface area contributed by atoms with E-state index in [1.807, 2.05) is 30.5 Å². The third kappa shape index (κ3) is 4.43. The zero-order valence-corrected chi connectivity index (χ0v) is 10.9. The molecule has 1 saturated heterocycles. The van der Waals surface area contributed by atoms with E-state index in [0.717, 1.165) is 13.1 Å². The molecule has 0 aromatic rings. The number of nitrogens with zero attached hydrogens (tertiary/aromatic N) is 1. The summed E-state index contributed by atoms with van der Waals surface area (Å²) in [7, 11) is 0. The molecule has 4 heteroatoms. The standard InChI is InChI=1S/C11H22N2OS/c1-8-6-13(7-9(2)15-8)10(14)5-11(3,4)12/h8-9H,5-7,12H2,1-4H3. The van der Waals surface area contributed by atoms with Crippen molar-refractivity contribution < 1.29 is 4.79 Å². The summed E-state index contributed by atoms with van der Waals surface area (Å²) in [5.41, 5.74) is 5.46. The lowest BCUT2D eigenvalue weighted by Crippen LogP contribution is -2.47. The van der Waals surface area contributed by atoms with Crippen LogP contribution in [0.2, 0.25) is 0 Å². The second-order valence-electron chi connectivity index (χ2n) is 5.22. The van der Waals surface area contributed by atoms with E-state index >= 15 is 0 Å². The Kier molecular flexibility index (Phi) is 4.06. The first-order valence-corrected chi connectivity index (χ1v) is 6.44. The maximum absolute atomic E-state index is 11.9. The molecule has 0 spiro atoms. The minimum absolute atomic E-state index is 0.196. The zero-order chi connectivity index (χ0) is 11.6. The van der Waals surface area contributed by atoms with E-state index in [1.165, 1.54) is 0 Å². The Morgan fingerprint density at radius 1 is 1.40 bits per heavy atom. The third-order valence-corrected chi connectivity index (χ3v) is 3.61. The number of hydrogen-bond donors (Lipinski definition) is 1. The molecule has 1 heterocycles. The Hall–Kier alpha value is -0.220. The maximum atomic E-state index is 11.9. The van der Waals surface area contributed by atoms with Crippen LogP contribution in [0.4, 0.5) is 0 Å². The highest BCUT2D eigenvalue weighted by molar-refractivity contribution is 8.00. The van der Waals surface area contributed by atoms with Gasteiger partial charge in [-0.3, -0.25) is 4.79 Å². The molecule has 88 valence electrons. The molecule has 0 saturated carbocycles. The Labute approximate surface area is 96.8 Å². The lowest BCUT2D eigenvalue weighted by Gasteiger charge is -2.36. The van der Waals surface area contributed by atoms with Crippen LogP contribution in [-0.4, -0.2) is 39.9 Å². The molecule has 0 bridgehead atoms. The fourth-order valence-electron chi connectivity index (χ4n) is 1.88. The average molecular weight is 230 g/mol. The second-order valence-corrected chi connectivity index (χ2v) is 7.10. The Morgan fingerprint density at radius 2 is 1.87 bits per heavy atom. The van der Waals surface area contributed by atoms with Gasteiger partial charge in [-0.15, -0.1) is 0 Å². The molecule has 1 rings (SSSR count). The van der Waals surface area contributed by atoms with Gasteiger partial charge in [-0.2, -0.15) is 11.8 Å². The molecule has 2 unspecified atom stereocenters. The number of carbonyl (C=O) groups excluding carboxylic acids is 1. The van der Waals surface area contributed by atoms with Gasteiger partial charge in [-0.1, -0.05) is 13.8 Å². The van der Waals surface area contributed by atoms with Gasteiger partial charge in [-0.25, -0.2) is 0 Å². The molecule has 15 heavy (non-hydrogen) atoms. The van der Waals surface area contributed by atoms with Crippen molar-refractivity contribution in [3.05, 3.63) is 0 Å². The minimum Gasteiger partial charge on any atom is -0.340 e. The van der Waals surface area contributed by atoms with Gasteiger partial charge in [0.1, 0.15) is 0 Å². The van der Waals surface area contributed by atoms with Gasteiger partial charge in [-0.05, 0) is 13.8 Å². The van der Waals surface area contributed by atoms with Gasteiger partial charge in [0.25, 0.3) is 0 Å². The van der Waals surface area contributed by atoms with Crippen LogP contribution in [0.1, 0.15) is 34.1 Å². The number of nitrogens with two attached hydrogens (primary N) is 1. The third-order valence-electron chi connectivity index (χ3n) is 2.38. The Bertz CT molecular complexity index is 227. The summed E-state index contributed by atoms with van der Waals surface area (Å²) in [6.07, 6.45) is 0.442. The highest BCUT2D eigenvalue weighted by atomic mass is 32.2. The van der Waals surface area contributed by atoms with Crippen LogP contribution >= 0.6 is 11.8 Å². The molecule has 1 aliphatic rings. The zero-order valence-electron chi connectivity index (χ0n) is 10.1. The minimum atomic E-state index is -0.395. The van der Waals surface area contributed by atoms with Crippen LogP contribution in [0.15, 0.2) is 0 Å². The summed E-state index contributed by atoms with van der Waals surface area (Å²) in [4.78, 5) is 13.9. The van der Waals surface area contributed by atoms with Crippen molar-refractivity contribution >= 4 is 17.7 Å². The van der Waals surface area contributed by atoms with Crippen molar-refractivity contribution in [2.75, 3.05) is 13.1 Å². The van der Waals surface area contributed by atoms with Crippen molar-refractivity contribution in [2.45, 2.75) is 50.2 Å². The molecular weight excluding hydrogens is 208 g/mol. The number of thioether (sulfide) groups is 1. The van der Waals surface area contributed by atoms with Crippen LogP contribution in [0.5, 0.6) is 0 Å². The number of rotatable bonds is 2. The number of amides is 1. The second kappa shape index (κ2) is 4.74. The van der Waals surface area contributed by atoms with Crippen molar-refractivity contribution in [3.8, 4) is 0 Å². The lowest BCUT2D eigenvalue weighted by molar-refractivity contribution is -0.132. The molecule has 2 atom stereocenters. The molecule has 0 aromatic heterocycles. The first-order valence-electron chi connectivity index (χ1n) is 5.50. The first-order chi connectivity index (χ1) is 6.78. The summed E-state index contributed by atoms with van der Waals surface area (Å²) in [5.74, 6) is 0.196. The molecule has 0 aromatic carbocycles. The topological polar surface area (TPSA) is 46.3 Å². The Morgan fingerprint density at radius 3 is 2.27 bits per heavy atom. The van der Waals surface area contributed by atoms with Crippen LogP contribution < -0.4 is 5.73 Å². The van der Waals surface area contributed by atoms with E-state index in [9.17, 15) is 4.79 Å². The van der Waals surface area contributed by atoms with E-state index in [-0.39, 0.29) is 5.91 Å². The molecule has 2 N–H and O–H groups in total. The van der Waals surface area contributed by atoms with Crippen molar-refractivity contribution in [2.24, 2.45) is 5.73 Å². The predicted octanol–water partition coefficient (Wildman–Crippen LogP) is 1.47. The van der Waals surface area contributed by atoms with Gasteiger partial charge < -0.3 is 10.6 Å². The smallest absolute Gasteiger partial charge is 0.224 e. The summed E-state index contributed by atoms with van der Waals surface area (Å²) in [6.45, 7) is 9.88. The molecule has 1 aliphatic heterocycles. The van der Waals surface area contributed by atoms with Crippen LogP contribution in [0.25, 0.3) is 0 Å². The van der Waals surface area contributed by atoms with E-state index in [0.29, 0.717) is 16.9 Å². The summed E-state index contributed by atoms with van der Waals surface area (Å²) in [6, 6.07) is 0. The van der Waals surface area contributed by atoms with Gasteiger partial charge in [0.15, 0.2) is 0 Å². The van der Waals surface area contributed by atoms with Crippen molar-refractivity contribution in [1.29, 1.82) is 0 Å². The number of hydrogen-bond acceptors (Lipinski definition) is 3. The summed E-state index contributed by atoms with van der Waals surface area (Å²) in [5, 5.41) is 1.08. The highest BCUT2D eigenvalue weighted by Crippen LogP contribution is 2.25. The summed E-state index contributed by atoms with van der Waals surface area (Å²) >= 11 is 1.96. The van der Waals surface area contributed by atoms with Crippen molar-refractivity contribution in [3.63, 3.8) is 0 Å². The summed E-state index contributed by atoms with van der Waals surface area (Å²) < 4.78 is 0. The normalized spacial score (nSPS) is 27.9. The van der Waals surface area contributed by atoms with E-state index in [4.69, 9.17) is 5.73 Å². The molecule has 1 amide bonds. The van der Waals surface area contributed by atoms with Crippen LogP contribution in [0.3, 0.4) is 0 Å². The van der Waals surface area contributed by atoms with Gasteiger partial charge >= 0.3 is 0 Å². The van der Waals surface area contributed by atoms with E-state index in [2.05, 4.69) is 13.8 Å². The van der Waals surface area contributed by atoms with Gasteiger partial charge in [0, 0.05) is 35.5 Å². The van der Waals surface area contributed by atoms with Crippen LogP contribution in [-0.2, 0) is 4.79 Å².